The van der Waals surface area contributed by atoms with Crippen LogP contribution in [0.15, 0.2) is 35.9 Å². The minimum absolute atomic E-state index is 0.233. The van der Waals surface area contributed by atoms with E-state index in [1.54, 1.807) is 0 Å². The summed E-state index contributed by atoms with van der Waals surface area (Å²) in [5.74, 6) is -0.233. The van der Waals surface area contributed by atoms with Crippen molar-refractivity contribution in [3.8, 4) is 0 Å². The molecule has 0 saturated heterocycles. The Morgan fingerprint density at radius 2 is 2.00 bits per heavy atom. The van der Waals surface area contributed by atoms with Crippen molar-refractivity contribution >= 4 is 11.7 Å². The molecule has 0 unspecified atom stereocenters. The lowest BCUT2D eigenvalue weighted by atomic mass is 10.1. The summed E-state index contributed by atoms with van der Waals surface area (Å²) in [7, 11) is 1.42. The van der Waals surface area contributed by atoms with Gasteiger partial charge in [-0.3, -0.25) is 0 Å². The Morgan fingerprint density at radius 1 is 1.32 bits per heavy atom. The largest absolute Gasteiger partial charge is 0.466 e. The minimum Gasteiger partial charge on any atom is -0.466 e. The van der Waals surface area contributed by atoms with Gasteiger partial charge in [0.25, 0.3) is 0 Å². The Labute approximate surface area is 115 Å². The predicted molar refractivity (Wildman–Crippen MR) is 79.5 cm³/mol. The molecule has 0 saturated carbocycles. The third-order valence-electron chi connectivity index (χ3n) is 3.22. The highest BCUT2D eigenvalue weighted by molar-refractivity contribution is 5.88. The predicted octanol–water partition coefficient (Wildman–Crippen LogP) is 3.33. The van der Waals surface area contributed by atoms with Crippen molar-refractivity contribution in [1.82, 2.24) is 0 Å². The molecule has 0 aliphatic rings. The summed E-state index contributed by atoms with van der Waals surface area (Å²) in [4.78, 5) is 13.8. The second kappa shape index (κ2) is 7.62. The molecule has 104 valence electrons. The molecule has 0 aliphatic heterocycles. The number of likely N-dealkylation sites (N-methyl/N-ethyl adjacent to an activating group) is 1. The van der Waals surface area contributed by atoms with Gasteiger partial charge in [0.1, 0.15) is 0 Å². The first-order chi connectivity index (χ1) is 9.13. The number of methoxy groups -OCH3 is 1. The number of anilines is 1. The zero-order valence-electron chi connectivity index (χ0n) is 12.3. The molecule has 0 bridgehead atoms. The molecule has 1 aromatic carbocycles. The SMILES string of the molecule is CCC(=CCN(CC)c1ccccc1C)C(=O)OC. The van der Waals surface area contributed by atoms with Gasteiger partial charge in [0.15, 0.2) is 0 Å². The molecular weight excluding hydrogens is 238 g/mol. The molecule has 1 aromatic rings. The van der Waals surface area contributed by atoms with Crippen LogP contribution in [0.4, 0.5) is 5.69 Å². The molecule has 0 spiro atoms. The molecule has 3 nitrogen and oxygen atoms in total. The third kappa shape index (κ3) is 4.12. The molecule has 19 heavy (non-hydrogen) atoms. The van der Waals surface area contributed by atoms with E-state index >= 15 is 0 Å². The first-order valence-electron chi connectivity index (χ1n) is 6.71. The molecule has 0 radical (unpaired) electrons. The zero-order valence-corrected chi connectivity index (χ0v) is 12.3. The van der Waals surface area contributed by atoms with E-state index in [4.69, 9.17) is 4.74 Å². The van der Waals surface area contributed by atoms with Crippen molar-refractivity contribution in [2.24, 2.45) is 0 Å². The third-order valence-corrected chi connectivity index (χ3v) is 3.22. The van der Waals surface area contributed by atoms with E-state index in [-0.39, 0.29) is 5.97 Å². The Morgan fingerprint density at radius 3 is 2.53 bits per heavy atom. The van der Waals surface area contributed by atoms with Crippen molar-refractivity contribution in [1.29, 1.82) is 0 Å². The highest BCUT2D eigenvalue weighted by Crippen LogP contribution is 2.19. The summed E-state index contributed by atoms with van der Waals surface area (Å²) in [5.41, 5.74) is 3.19. The Bertz CT molecular complexity index is 452. The van der Waals surface area contributed by atoms with E-state index in [9.17, 15) is 4.79 Å². The normalized spacial score (nSPS) is 11.3. The lowest BCUT2D eigenvalue weighted by Crippen LogP contribution is -2.24. The number of hydrogen-bond donors (Lipinski definition) is 0. The Hall–Kier alpha value is -1.77. The van der Waals surface area contributed by atoms with E-state index in [0.717, 1.165) is 18.7 Å². The van der Waals surface area contributed by atoms with Gasteiger partial charge in [-0.05, 0) is 31.9 Å². The number of para-hydroxylation sites is 1. The van der Waals surface area contributed by atoms with Crippen molar-refractivity contribution in [2.75, 3.05) is 25.1 Å². The van der Waals surface area contributed by atoms with Crippen LogP contribution in [0.2, 0.25) is 0 Å². The van der Waals surface area contributed by atoms with Gasteiger partial charge in [-0.1, -0.05) is 31.2 Å². The number of nitrogens with zero attached hydrogens (tertiary/aromatic N) is 1. The summed E-state index contributed by atoms with van der Waals surface area (Å²) in [6, 6.07) is 8.28. The van der Waals surface area contributed by atoms with Crippen LogP contribution in [0.1, 0.15) is 25.8 Å². The molecule has 0 aliphatic carbocycles. The van der Waals surface area contributed by atoms with Gasteiger partial charge >= 0.3 is 5.97 Å². The van der Waals surface area contributed by atoms with Crippen LogP contribution in [-0.4, -0.2) is 26.2 Å². The van der Waals surface area contributed by atoms with E-state index in [1.807, 2.05) is 25.1 Å². The van der Waals surface area contributed by atoms with E-state index in [0.29, 0.717) is 6.42 Å². The van der Waals surface area contributed by atoms with Crippen LogP contribution in [-0.2, 0) is 9.53 Å². The number of carbonyl (C=O) groups is 1. The second-order valence-corrected chi connectivity index (χ2v) is 4.40. The van der Waals surface area contributed by atoms with Gasteiger partial charge in [0, 0.05) is 24.4 Å². The van der Waals surface area contributed by atoms with Crippen LogP contribution >= 0.6 is 0 Å². The summed E-state index contributed by atoms with van der Waals surface area (Å²) in [5, 5.41) is 0. The van der Waals surface area contributed by atoms with Crippen molar-refractivity contribution in [3.05, 3.63) is 41.5 Å². The van der Waals surface area contributed by atoms with Crippen LogP contribution in [0.3, 0.4) is 0 Å². The number of benzene rings is 1. The topological polar surface area (TPSA) is 29.5 Å². The maximum Gasteiger partial charge on any atom is 0.333 e. The molecule has 0 atom stereocenters. The first kappa shape index (κ1) is 15.3. The molecule has 0 heterocycles. The molecule has 0 fully saturated rings. The van der Waals surface area contributed by atoms with Crippen molar-refractivity contribution in [3.63, 3.8) is 0 Å². The van der Waals surface area contributed by atoms with E-state index < -0.39 is 0 Å². The summed E-state index contributed by atoms with van der Waals surface area (Å²) >= 11 is 0. The van der Waals surface area contributed by atoms with Gasteiger partial charge in [-0.25, -0.2) is 4.79 Å². The monoisotopic (exact) mass is 261 g/mol. The first-order valence-corrected chi connectivity index (χ1v) is 6.71. The Balaban J connectivity index is 2.86. The van der Waals surface area contributed by atoms with Crippen molar-refractivity contribution < 1.29 is 9.53 Å². The fourth-order valence-corrected chi connectivity index (χ4v) is 2.04. The van der Waals surface area contributed by atoms with Crippen LogP contribution < -0.4 is 4.90 Å². The fourth-order valence-electron chi connectivity index (χ4n) is 2.04. The molecular formula is C16H23NO2. The lowest BCUT2D eigenvalue weighted by Gasteiger charge is -2.23. The average Bonchev–Trinajstić information content (AvgIpc) is 2.44. The maximum atomic E-state index is 11.5. The average molecular weight is 261 g/mol. The van der Waals surface area contributed by atoms with Gasteiger partial charge < -0.3 is 9.64 Å². The number of hydrogen-bond acceptors (Lipinski definition) is 3. The molecule has 3 heteroatoms. The molecule has 0 N–H and O–H groups in total. The molecule has 0 amide bonds. The van der Waals surface area contributed by atoms with E-state index in [2.05, 4.69) is 30.9 Å². The number of ether oxygens (including phenoxy) is 1. The van der Waals surface area contributed by atoms with Crippen LogP contribution in [0.25, 0.3) is 0 Å². The standard InChI is InChI=1S/C16H23NO2/c1-5-14(16(18)19-4)11-12-17(6-2)15-10-8-7-9-13(15)3/h7-11H,5-6,12H2,1-4H3. The summed E-state index contributed by atoms with van der Waals surface area (Å²) < 4.78 is 4.77. The van der Waals surface area contributed by atoms with Gasteiger partial charge in [0.2, 0.25) is 0 Å². The van der Waals surface area contributed by atoms with Crippen LogP contribution in [0, 0.1) is 6.92 Å². The van der Waals surface area contributed by atoms with E-state index in [1.165, 1.54) is 18.4 Å². The lowest BCUT2D eigenvalue weighted by molar-refractivity contribution is -0.136. The maximum absolute atomic E-state index is 11.5. The van der Waals surface area contributed by atoms with Crippen LogP contribution in [0.5, 0.6) is 0 Å². The number of carbonyl (C=O) groups excluding carboxylic acids is 1. The van der Waals surface area contributed by atoms with Gasteiger partial charge in [0.05, 0.1) is 7.11 Å². The smallest absolute Gasteiger partial charge is 0.333 e. The molecule has 1 rings (SSSR count). The number of esters is 1. The number of aryl methyl sites for hydroxylation is 1. The highest BCUT2D eigenvalue weighted by atomic mass is 16.5. The zero-order chi connectivity index (χ0) is 14.3. The fraction of sp³-hybridized carbons (Fsp3) is 0.438. The van der Waals surface area contributed by atoms with Gasteiger partial charge in [-0.15, -0.1) is 0 Å². The second-order valence-electron chi connectivity index (χ2n) is 4.40. The summed E-state index contributed by atoms with van der Waals surface area (Å²) in [6.07, 6.45) is 2.65. The van der Waals surface area contributed by atoms with Crippen molar-refractivity contribution in [2.45, 2.75) is 27.2 Å². The van der Waals surface area contributed by atoms with Gasteiger partial charge in [-0.2, -0.15) is 0 Å². The summed E-state index contributed by atoms with van der Waals surface area (Å²) in [6.45, 7) is 7.80. The molecule has 0 aromatic heterocycles. The minimum atomic E-state index is -0.233. The quantitative estimate of drug-likeness (QED) is 0.581. The number of rotatable bonds is 6. The Kier molecular flexibility index (Phi) is 6.13. The highest BCUT2D eigenvalue weighted by Gasteiger charge is 2.09.